The van der Waals surface area contributed by atoms with Crippen molar-refractivity contribution < 1.29 is 0 Å². The van der Waals surface area contributed by atoms with Crippen LogP contribution in [0.3, 0.4) is 0 Å². The van der Waals surface area contributed by atoms with E-state index in [0.717, 1.165) is 0 Å². The molecule has 5 heteroatoms. The van der Waals surface area contributed by atoms with Crippen LogP contribution in [0, 0.1) is 6.92 Å². The average molecular weight is 291 g/mol. The van der Waals surface area contributed by atoms with Crippen LogP contribution >= 0.6 is 11.3 Å². The van der Waals surface area contributed by atoms with Gasteiger partial charge >= 0.3 is 0 Å². The molecule has 2 aromatic heterocycles. The van der Waals surface area contributed by atoms with E-state index in [0.29, 0.717) is 5.82 Å². The lowest BCUT2D eigenvalue weighted by molar-refractivity contribution is 0.383. The molecule has 0 aromatic carbocycles. The number of rotatable bonds is 3. The van der Waals surface area contributed by atoms with Crippen LogP contribution in [-0.4, -0.2) is 9.55 Å². The molecule has 0 saturated heterocycles. The molecule has 0 fully saturated rings. The highest BCUT2D eigenvalue weighted by atomic mass is 32.1. The standard InChI is InChI=1S/C15H21N3OS/c1-10-6-7-12(20-10)11(2)17-13-14(19)18(9-8-16-13)15(3,4)5/h6-9,11H,1-5H3,(H,16,17). The van der Waals surface area contributed by atoms with Crippen molar-refractivity contribution in [1.29, 1.82) is 0 Å². The van der Waals surface area contributed by atoms with E-state index >= 15 is 0 Å². The molecule has 0 bridgehead atoms. The Morgan fingerprint density at radius 3 is 2.60 bits per heavy atom. The molecule has 4 nitrogen and oxygen atoms in total. The van der Waals surface area contributed by atoms with Crippen molar-refractivity contribution >= 4 is 17.2 Å². The topological polar surface area (TPSA) is 46.9 Å². The molecule has 1 atom stereocenters. The number of anilines is 1. The van der Waals surface area contributed by atoms with Gasteiger partial charge < -0.3 is 9.88 Å². The summed E-state index contributed by atoms with van der Waals surface area (Å²) in [7, 11) is 0. The third kappa shape index (κ3) is 3.10. The van der Waals surface area contributed by atoms with Crippen molar-refractivity contribution in [2.45, 2.75) is 46.2 Å². The fraction of sp³-hybridized carbons (Fsp3) is 0.467. The third-order valence-electron chi connectivity index (χ3n) is 3.10. The van der Waals surface area contributed by atoms with Gasteiger partial charge in [0.05, 0.1) is 6.04 Å². The second kappa shape index (κ2) is 5.40. The largest absolute Gasteiger partial charge is 0.358 e. The van der Waals surface area contributed by atoms with Gasteiger partial charge in [0.1, 0.15) is 0 Å². The van der Waals surface area contributed by atoms with E-state index in [4.69, 9.17) is 0 Å². The summed E-state index contributed by atoms with van der Waals surface area (Å²) in [5.74, 6) is 0.404. The summed E-state index contributed by atoms with van der Waals surface area (Å²) in [4.78, 5) is 19.1. The minimum absolute atomic E-state index is 0.0738. The zero-order chi connectivity index (χ0) is 14.9. The van der Waals surface area contributed by atoms with Gasteiger partial charge in [-0.1, -0.05) is 0 Å². The lowest BCUT2D eigenvalue weighted by Gasteiger charge is -2.23. The van der Waals surface area contributed by atoms with Crippen molar-refractivity contribution in [2.75, 3.05) is 5.32 Å². The van der Waals surface area contributed by atoms with Crippen molar-refractivity contribution in [3.63, 3.8) is 0 Å². The molecular formula is C15H21N3OS. The van der Waals surface area contributed by atoms with Crippen LogP contribution in [0.2, 0.25) is 0 Å². The Morgan fingerprint density at radius 2 is 2.05 bits per heavy atom. The first-order valence-corrected chi connectivity index (χ1v) is 7.51. The fourth-order valence-corrected chi connectivity index (χ4v) is 2.88. The van der Waals surface area contributed by atoms with Crippen LogP contribution in [0.25, 0.3) is 0 Å². The number of aryl methyl sites for hydroxylation is 1. The van der Waals surface area contributed by atoms with E-state index in [9.17, 15) is 4.79 Å². The predicted molar refractivity (Wildman–Crippen MR) is 84.6 cm³/mol. The van der Waals surface area contributed by atoms with E-state index in [1.54, 1.807) is 28.3 Å². The Morgan fingerprint density at radius 1 is 1.35 bits per heavy atom. The molecule has 1 unspecified atom stereocenters. The molecule has 20 heavy (non-hydrogen) atoms. The van der Waals surface area contributed by atoms with Crippen molar-refractivity contribution in [1.82, 2.24) is 9.55 Å². The summed E-state index contributed by atoms with van der Waals surface area (Å²) in [6, 6.07) is 4.25. The van der Waals surface area contributed by atoms with E-state index in [1.807, 2.05) is 27.7 Å². The SMILES string of the molecule is Cc1ccc(C(C)Nc2nccn(C(C)(C)C)c2=O)s1. The van der Waals surface area contributed by atoms with Crippen LogP contribution in [0.4, 0.5) is 5.82 Å². The average Bonchev–Trinajstić information content (AvgIpc) is 2.77. The van der Waals surface area contributed by atoms with E-state index in [-0.39, 0.29) is 17.1 Å². The van der Waals surface area contributed by atoms with Crippen LogP contribution < -0.4 is 10.9 Å². The Bertz CT molecular complexity index is 652. The quantitative estimate of drug-likeness (QED) is 0.941. The number of hydrogen-bond acceptors (Lipinski definition) is 4. The smallest absolute Gasteiger partial charge is 0.293 e. The van der Waals surface area contributed by atoms with Gasteiger partial charge in [-0.3, -0.25) is 4.79 Å². The van der Waals surface area contributed by atoms with Gasteiger partial charge in [0.25, 0.3) is 5.56 Å². The summed E-state index contributed by atoms with van der Waals surface area (Å²) in [6.07, 6.45) is 3.40. The number of hydrogen-bond donors (Lipinski definition) is 1. The maximum absolute atomic E-state index is 12.4. The first kappa shape index (κ1) is 14.8. The zero-order valence-corrected chi connectivity index (χ0v) is 13.4. The summed E-state index contributed by atoms with van der Waals surface area (Å²) >= 11 is 1.73. The molecule has 0 aliphatic carbocycles. The third-order valence-corrected chi connectivity index (χ3v) is 4.29. The molecule has 0 saturated carbocycles. The van der Waals surface area contributed by atoms with Crippen LogP contribution in [0.1, 0.15) is 43.5 Å². The normalized spacial score (nSPS) is 13.2. The maximum Gasteiger partial charge on any atom is 0.293 e. The minimum Gasteiger partial charge on any atom is -0.358 e. The molecule has 1 N–H and O–H groups in total. The Kier molecular flexibility index (Phi) is 3.99. The maximum atomic E-state index is 12.4. The molecule has 2 heterocycles. The number of thiophene rings is 1. The fourth-order valence-electron chi connectivity index (χ4n) is 2.00. The molecular weight excluding hydrogens is 270 g/mol. The summed E-state index contributed by atoms with van der Waals surface area (Å²) in [6.45, 7) is 10.1. The predicted octanol–water partition coefficient (Wildman–Crippen LogP) is 3.54. The molecule has 0 aliphatic heterocycles. The van der Waals surface area contributed by atoms with Gasteiger partial charge in [0.2, 0.25) is 0 Å². The molecule has 0 spiro atoms. The van der Waals surface area contributed by atoms with Crippen LogP contribution in [0.15, 0.2) is 29.3 Å². The van der Waals surface area contributed by atoms with Gasteiger partial charge in [0, 0.05) is 27.7 Å². The zero-order valence-electron chi connectivity index (χ0n) is 12.6. The summed E-state index contributed by atoms with van der Waals surface area (Å²) < 4.78 is 1.70. The van der Waals surface area contributed by atoms with E-state index in [2.05, 4.69) is 29.4 Å². The van der Waals surface area contributed by atoms with Gasteiger partial charge in [-0.25, -0.2) is 4.98 Å². The Labute approximate surface area is 123 Å². The van der Waals surface area contributed by atoms with Gasteiger partial charge in [-0.2, -0.15) is 0 Å². The number of nitrogens with zero attached hydrogens (tertiary/aromatic N) is 2. The monoisotopic (exact) mass is 291 g/mol. The van der Waals surface area contributed by atoms with E-state index < -0.39 is 0 Å². The van der Waals surface area contributed by atoms with Crippen molar-refractivity contribution in [3.05, 3.63) is 44.6 Å². The van der Waals surface area contributed by atoms with Gasteiger partial charge in [0.15, 0.2) is 5.82 Å². The molecule has 108 valence electrons. The molecule has 2 aromatic rings. The first-order chi connectivity index (χ1) is 9.29. The lowest BCUT2D eigenvalue weighted by atomic mass is 10.1. The van der Waals surface area contributed by atoms with Crippen molar-refractivity contribution in [2.24, 2.45) is 0 Å². The lowest BCUT2D eigenvalue weighted by Crippen LogP contribution is -2.35. The first-order valence-electron chi connectivity index (χ1n) is 6.70. The number of aromatic nitrogens is 2. The second-order valence-corrected chi connectivity index (χ2v) is 7.26. The minimum atomic E-state index is -0.251. The van der Waals surface area contributed by atoms with Gasteiger partial charge in [-0.15, -0.1) is 11.3 Å². The summed E-state index contributed by atoms with van der Waals surface area (Å²) in [5.41, 5.74) is -0.334. The highest BCUT2D eigenvalue weighted by molar-refractivity contribution is 7.12. The summed E-state index contributed by atoms with van der Waals surface area (Å²) in [5, 5.41) is 3.22. The second-order valence-electron chi connectivity index (χ2n) is 5.94. The van der Waals surface area contributed by atoms with E-state index in [1.165, 1.54) is 9.75 Å². The van der Waals surface area contributed by atoms with Crippen molar-refractivity contribution in [3.8, 4) is 0 Å². The highest BCUT2D eigenvalue weighted by Gasteiger charge is 2.18. The molecule has 0 aliphatic rings. The van der Waals surface area contributed by atoms with Gasteiger partial charge in [-0.05, 0) is 46.8 Å². The van der Waals surface area contributed by atoms with Crippen LogP contribution in [0.5, 0.6) is 0 Å². The number of nitrogens with one attached hydrogen (secondary N) is 1. The molecule has 0 amide bonds. The highest BCUT2D eigenvalue weighted by Crippen LogP contribution is 2.24. The van der Waals surface area contributed by atoms with Crippen LogP contribution in [-0.2, 0) is 5.54 Å². The Balaban J connectivity index is 2.29. The molecule has 2 rings (SSSR count). The Hall–Kier alpha value is -1.62. The molecule has 0 radical (unpaired) electrons.